The van der Waals surface area contributed by atoms with Crippen LogP contribution in [-0.2, 0) is 9.53 Å². The molecule has 1 heterocycles. The molecule has 0 amide bonds. The van der Waals surface area contributed by atoms with Crippen molar-refractivity contribution in [3.8, 4) is 0 Å². The van der Waals surface area contributed by atoms with Crippen molar-refractivity contribution in [3.63, 3.8) is 0 Å². The monoisotopic (exact) mass is 210 g/mol. The molecule has 1 aromatic heterocycles. The van der Waals surface area contributed by atoms with Gasteiger partial charge >= 0.3 is 5.97 Å². The third kappa shape index (κ3) is 3.59. The topological polar surface area (TPSA) is 59.7 Å². The summed E-state index contributed by atoms with van der Waals surface area (Å²) in [5.74, 6) is 0.103. The highest BCUT2D eigenvalue weighted by Crippen LogP contribution is 2.16. The summed E-state index contributed by atoms with van der Waals surface area (Å²) in [5.41, 5.74) is 0.679. The molecule has 82 valence electrons. The highest BCUT2D eigenvalue weighted by Gasteiger charge is 2.04. The van der Waals surface area contributed by atoms with E-state index in [0.29, 0.717) is 17.9 Å². The maximum atomic E-state index is 11.0. The summed E-state index contributed by atoms with van der Waals surface area (Å²) in [6.45, 7) is 3.73. The zero-order chi connectivity index (χ0) is 11.3. The van der Waals surface area contributed by atoms with E-state index in [9.17, 15) is 9.90 Å². The average molecular weight is 210 g/mol. The normalized spacial score (nSPS) is 13.0. The van der Waals surface area contributed by atoms with Gasteiger partial charge in [0, 0.05) is 11.6 Å². The lowest BCUT2D eigenvalue weighted by Crippen LogP contribution is -1.98. The number of rotatable bonds is 4. The molecule has 1 rings (SSSR count). The lowest BCUT2D eigenvalue weighted by atomic mass is 10.2. The van der Waals surface area contributed by atoms with Crippen LogP contribution in [0, 0.1) is 0 Å². The Morgan fingerprint density at radius 1 is 1.73 bits per heavy atom. The summed E-state index contributed by atoms with van der Waals surface area (Å²) in [4.78, 5) is 11.0. The van der Waals surface area contributed by atoms with Crippen molar-refractivity contribution in [2.75, 3.05) is 6.61 Å². The Hall–Kier alpha value is -1.55. The van der Waals surface area contributed by atoms with Crippen molar-refractivity contribution < 1.29 is 19.1 Å². The minimum absolute atomic E-state index is 0.347. The van der Waals surface area contributed by atoms with E-state index in [1.807, 2.05) is 0 Å². The Kier molecular flexibility index (Phi) is 4.12. The van der Waals surface area contributed by atoms with Crippen LogP contribution in [0.3, 0.4) is 0 Å². The van der Waals surface area contributed by atoms with Gasteiger partial charge in [-0.2, -0.15) is 0 Å². The number of esters is 1. The molecule has 0 saturated heterocycles. The van der Waals surface area contributed by atoms with Gasteiger partial charge in [0.15, 0.2) is 0 Å². The van der Waals surface area contributed by atoms with E-state index in [1.54, 1.807) is 19.9 Å². The van der Waals surface area contributed by atoms with Gasteiger partial charge in [0.2, 0.25) is 0 Å². The van der Waals surface area contributed by atoms with E-state index in [4.69, 9.17) is 9.15 Å². The molecule has 0 aliphatic heterocycles. The maximum absolute atomic E-state index is 11.0. The molecule has 1 aromatic rings. The molecule has 0 fully saturated rings. The van der Waals surface area contributed by atoms with Crippen LogP contribution in [0.4, 0.5) is 0 Å². The van der Waals surface area contributed by atoms with Crippen LogP contribution in [-0.4, -0.2) is 17.7 Å². The first-order valence-electron chi connectivity index (χ1n) is 4.74. The zero-order valence-electron chi connectivity index (χ0n) is 8.77. The van der Waals surface area contributed by atoms with Gasteiger partial charge in [0.05, 0.1) is 19.0 Å². The minimum Gasteiger partial charge on any atom is -0.465 e. The van der Waals surface area contributed by atoms with Crippen molar-refractivity contribution in [2.24, 2.45) is 0 Å². The fraction of sp³-hybridized carbons (Fsp3) is 0.364. The fourth-order valence-electron chi connectivity index (χ4n) is 1.02. The highest BCUT2D eigenvalue weighted by atomic mass is 16.5. The zero-order valence-corrected chi connectivity index (χ0v) is 8.77. The molecule has 1 N–H and O–H groups in total. The largest absolute Gasteiger partial charge is 0.465 e. The SMILES string of the molecule is CCOC(=O)/C=C/c1cc(C(C)O)co1. The Morgan fingerprint density at radius 2 is 2.47 bits per heavy atom. The number of carbonyl (C=O) groups is 1. The molecule has 0 radical (unpaired) electrons. The summed E-state index contributed by atoms with van der Waals surface area (Å²) in [6, 6.07) is 1.67. The molecule has 0 bridgehead atoms. The van der Waals surface area contributed by atoms with E-state index >= 15 is 0 Å². The third-order valence-corrected chi connectivity index (χ3v) is 1.79. The average Bonchev–Trinajstić information content (AvgIpc) is 2.63. The number of hydrogen-bond donors (Lipinski definition) is 1. The van der Waals surface area contributed by atoms with Crippen LogP contribution in [0.5, 0.6) is 0 Å². The quantitative estimate of drug-likeness (QED) is 0.609. The summed E-state index contributed by atoms with van der Waals surface area (Å²) in [5, 5.41) is 9.22. The third-order valence-electron chi connectivity index (χ3n) is 1.79. The van der Waals surface area contributed by atoms with Gasteiger partial charge in [0.1, 0.15) is 5.76 Å². The van der Waals surface area contributed by atoms with E-state index in [0.717, 1.165) is 0 Å². The summed E-state index contributed by atoms with van der Waals surface area (Å²) < 4.78 is 9.80. The number of aliphatic hydroxyl groups excluding tert-OH is 1. The Morgan fingerprint density at radius 3 is 3.00 bits per heavy atom. The smallest absolute Gasteiger partial charge is 0.330 e. The molecule has 0 spiro atoms. The molecule has 1 unspecified atom stereocenters. The highest BCUT2D eigenvalue weighted by molar-refractivity contribution is 5.86. The van der Waals surface area contributed by atoms with Gasteiger partial charge in [-0.05, 0) is 26.0 Å². The number of hydrogen-bond acceptors (Lipinski definition) is 4. The van der Waals surface area contributed by atoms with Crippen LogP contribution in [0.1, 0.15) is 31.3 Å². The predicted octanol–water partition coefficient (Wildman–Crippen LogP) is 1.91. The maximum Gasteiger partial charge on any atom is 0.330 e. The van der Waals surface area contributed by atoms with E-state index in [2.05, 4.69) is 0 Å². The molecule has 4 nitrogen and oxygen atoms in total. The second-order valence-electron chi connectivity index (χ2n) is 3.04. The van der Waals surface area contributed by atoms with Gasteiger partial charge < -0.3 is 14.3 Å². The van der Waals surface area contributed by atoms with Crippen LogP contribution in [0.2, 0.25) is 0 Å². The summed E-state index contributed by atoms with van der Waals surface area (Å²) >= 11 is 0. The second kappa shape index (κ2) is 5.36. The number of furan rings is 1. The molecular weight excluding hydrogens is 196 g/mol. The standard InChI is InChI=1S/C11H14O4/c1-3-14-11(13)5-4-10-6-9(7-15-10)8(2)12/h4-8,12H,3H2,1-2H3/b5-4+. The Labute approximate surface area is 88.2 Å². The minimum atomic E-state index is -0.571. The molecule has 4 heteroatoms. The van der Waals surface area contributed by atoms with Gasteiger partial charge in [-0.25, -0.2) is 4.79 Å². The van der Waals surface area contributed by atoms with E-state index in [-0.39, 0.29) is 0 Å². The fourth-order valence-corrected chi connectivity index (χ4v) is 1.02. The van der Waals surface area contributed by atoms with Gasteiger partial charge in [-0.15, -0.1) is 0 Å². The van der Waals surface area contributed by atoms with Crippen molar-refractivity contribution in [3.05, 3.63) is 29.7 Å². The second-order valence-corrected chi connectivity index (χ2v) is 3.04. The van der Waals surface area contributed by atoms with Crippen molar-refractivity contribution in [1.29, 1.82) is 0 Å². The molecule has 0 aliphatic carbocycles. The Bertz CT molecular complexity index is 349. The van der Waals surface area contributed by atoms with Crippen molar-refractivity contribution >= 4 is 12.0 Å². The van der Waals surface area contributed by atoms with Crippen LogP contribution in [0.15, 0.2) is 22.8 Å². The number of aliphatic hydroxyl groups is 1. The molecule has 0 aliphatic rings. The van der Waals surface area contributed by atoms with E-state index < -0.39 is 12.1 Å². The first-order valence-corrected chi connectivity index (χ1v) is 4.74. The molecule has 0 saturated carbocycles. The molecular formula is C11H14O4. The van der Waals surface area contributed by atoms with Crippen molar-refractivity contribution in [1.82, 2.24) is 0 Å². The van der Waals surface area contributed by atoms with Crippen LogP contribution in [0.25, 0.3) is 6.08 Å². The number of ether oxygens (including phenoxy) is 1. The van der Waals surface area contributed by atoms with Gasteiger partial charge in [-0.3, -0.25) is 0 Å². The predicted molar refractivity (Wildman–Crippen MR) is 55.0 cm³/mol. The van der Waals surface area contributed by atoms with Gasteiger partial charge in [-0.1, -0.05) is 0 Å². The number of carbonyl (C=O) groups excluding carboxylic acids is 1. The lowest BCUT2D eigenvalue weighted by Gasteiger charge is -1.95. The van der Waals surface area contributed by atoms with Gasteiger partial charge in [0.25, 0.3) is 0 Å². The van der Waals surface area contributed by atoms with Crippen LogP contribution < -0.4 is 0 Å². The first-order chi connectivity index (χ1) is 7.13. The molecule has 0 aromatic carbocycles. The van der Waals surface area contributed by atoms with Crippen molar-refractivity contribution in [2.45, 2.75) is 20.0 Å². The Balaban J connectivity index is 2.60. The van der Waals surface area contributed by atoms with Crippen LogP contribution >= 0.6 is 0 Å². The van der Waals surface area contributed by atoms with E-state index in [1.165, 1.54) is 18.4 Å². The molecule has 1 atom stereocenters. The molecule has 15 heavy (non-hydrogen) atoms. The lowest BCUT2D eigenvalue weighted by molar-refractivity contribution is -0.137. The summed E-state index contributed by atoms with van der Waals surface area (Å²) in [6.07, 6.45) is 3.67. The first kappa shape index (κ1) is 11.5. The summed E-state index contributed by atoms with van der Waals surface area (Å²) in [7, 11) is 0.